The van der Waals surface area contributed by atoms with Crippen molar-refractivity contribution in [2.75, 3.05) is 0 Å². The van der Waals surface area contributed by atoms with Crippen molar-refractivity contribution in [2.24, 2.45) is 0 Å². The van der Waals surface area contributed by atoms with Crippen LogP contribution in [0.2, 0.25) is 0 Å². The fourth-order valence-electron chi connectivity index (χ4n) is 4.46. The number of rotatable bonds is 3. The summed E-state index contributed by atoms with van der Waals surface area (Å²) in [7, 11) is 0. The van der Waals surface area contributed by atoms with Gasteiger partial charge in [0, 0.05) is 12.1 Å². The van der Waals surface area contributed by atoms with Crippen molar-refractivity contribution in [1.29, 1.82) is 0 Å². The van der Waals surface area contributed by atoms with E-state index in [1.165, 1.54) is 17.1 Å². The molecule has 3 aromatic rings. The van der Waals surface area contributed by atoms with Gasteiger partial charge in [-0.1, -0.05) is 6.07 Å². The number of amides is 1. The van der Waals surface area contributed by atoms with E-state index in [1.807, 2.05) is 30.9 Å². The second-order valence-electron chi connectivity index (χ2n) is 8.25. The van der Waals surface area contributed by atoms with E-state index in [0.717, 1.165) is 36.1 Å². The minimum atomic E-state index is -0.240. The second kappa shape index (κ2) is 7.46. The number of carbonyl (C=O) groups excluding carboxylic acids is 1. The van der Waals surface area contributed by atoms with Crippen LogP contribution in [-0.2, 0) is 11.3 Å². The normalized spacial score (nSPS) is 19.7. The average molecular weight is 393 g/mol. The van der Waals surface area contributed by atoms with E-state index in [0.29, 0.717) is 11.0 Å². The summed E-state index contributed by atoms with van der Waals surface area (Å²) in [5, 5.41) is 4.80. The van der Waals surface area contributed by atoms with E-state index in [-0.39, 0.29) is 30.1 Å². The number of benzene rings is 1. The molecule has 1 aromatic carbocycles. The van der Waals surface area contributed by atoms with Crippen LogP contribution in [0.5, 0.6) is 0 Å². The van der Waals surface area contributed by atoms with Crippen LogP contribution < -0.4 is 5.56 Å². The number of carbonyl (C=O) groups is 1. The zero-order chi connectivity index (χ0) is 20.7. The second-order valence-corrected chi connectivity index (χ2v) is 8.25. The summed E-state index contributed by atoms with van der Waals surface area (Å²) in [6.45, 7) is 8.20. The Kier molecular flexibility index (Phi) is 4.98. The van der Waals surface area contributed by atoms with E-state index < -0.39 is 0 Å². The fraction of sp³-hybridized carbons (Fsp3) is 0.455. The largest absolute Gasteiger partial charge is 0.336 e. The highest BCUT2D eigenvalue weighted by atomic mass is 16.2. The number of hydrogen-bond donors (Lipinski definition) is 0. The molecule has 1 aliphatic rings. The molecule has 0 N–H and O–H groups in total. The van der Waals surface area contributed by atoms with Crippen molar-refractivity contribution >= 4 is 16.9 Å². The molecule has 0 bridgehead atoms. The molecule has 29 heavy (non-hydrogen) atoms. The van der Waals surface area contributed by atoms with Gasteiger partial charge >= 0.3 is 0 Å². The lowest BCUT2D eigenvalue weighted by Gasteiger charge is -2.39. The van der Waals surface area contributed by atoms with Crippen molar-refractivity contribution in [2.45, 2.75) is 65.6 Å². The quantitative estimate of drug-likeness (QED) is 0.686. The molecule has 0 saturated carbocycles. The minimum Gasteiger partial charge on any atom is -0.336 e. The van der Waals surface area contributed by atoms with Gasteiger partial charge in [-0.15, -0.1) is 0 Å². The van der Waals surface area contributed by atoms with E-state index >= 15 is 0 Å². The maximum atomic E-state index is 13.0. The summed E-state index contributed by atoms with van der Waals surface area (Å²) in [4.78, 5) is 32.3. The van der Waals surface area contributed by atoms with Crippen molar-refractivity contribution < 1.29 is 4.79 Å². The Morgan fingerprint density at radius 3 is 2.41 bits per heavy atom. The van der Waals surface area contributed by atoms with E-state index in [9.17, 15) is 9.59 Å². The third-order valence-electron chi connectivity index (χ3n) is 5.79. The lowest BCUT2D eigenvalue weighted by molar-refractivity contribution is -0.138. The molecule has 1 amide bonds. The van der Waals surface area contributed by atoms with Crippen LogP contribution >= 0.6 is 0 Å². The third kappa shape index (κ3) is 3.57. The maximum absolute atomic E-state index is 13.0. The number of hydrogen-bond acceptors (Lipinski definition) is 4. The number of nitrogens with zero attached hydrogens (tertiary/aromatic N) is 5. The van der Waals surface area contributed by atoms with Gasteiger partial charge in [0.2, 0.25) is 5.91 Å². The molecule has 0 spiro atoms. The highest BCUT2D eigenvalue weighted by Crippen LogP contribution is 2.23. The highest BCUT2D eigenvalue weighted by Gasteiger charge is 2.29. The zero-order valence-electron chi connectivity index (χ0n) is 17.4. The molecule has 3 heterocycles. The molecule has 2 aromatic heterocycles. The lowest BCUT2D eigenvalue weighted by atomic mass is 9.97. The van der Waals surface area contributed by atoms with Gasteiger partial charge in [-0.2, -0.15) is 5.10 Å². The molecular weight excluding hydrogens is 366 g/mol. The van der Waals surface area contributed by atoms with Crippen LogP contribution in [0.4, 0.5) is 0 Å². The van der Waals surface area contributed by atoms with Crippen LogP contribution in [-0.4, -0.2) is 42.2 Å². The molecular formula is C22H27N5O2. The van der Waals surface area contributed by atoms with Gasteiger partial charge in [-0.3, -0.25) is 14.2 Å². The number of likely N-dealkylation sites (tertiary alicyclic amines) is 1. The first-order valence-electron chi connectivity index (χ1n) is 10.2. The summed E-state index contributed by atoms with van der Waals surface area (Å²) >= 11 is 0. The van der Waals surface area contributed by atoms with Crippen LogP contribution in [0, 0.1) is 13.8 Å². The highest BCUT2D eigenvalue weighted by molar-refractivity contribution is 5.78. The van der Waals surface area contributed by atoms with Crippen LogP contribution in [0.3, 0.4) is 0 Å². The Morgan fingerprint density at radius 1 is 1.10 bits per heavy atom. The first kappa shape index (κ1) is 19.4. The molecule has 0 unspecified atom stereocenters. The Labute approximate surface area is 170 Å². The van der Waals surface area contributed by atoms with Gasteiger partial charge in [-0.25, -0.2) is 9.67 Å². The number of fused-ring (bicyclic) bond motifs is 1. The third-order valence-corrected chi connectivity index (χ3v) is 5.79. The van der Waals surface area contributed by atoms with Crippen molar-refractivity contribution in [3.05, 3.63) is 52.2 Å². The topological polar surface area (TPSA) is 73.0 Å². The van der Waals surface area contributed by atoms with Gasteiger partial charge in [0.25, 0.3) is 5.56 Å². The molecule has 0 radical (unpaired) electrons. The van der Waals surface area contributed by atoms with E-state index in [4.69, 9.17) is 0 Å². The van der Waals surface area contributed by atoms with E-state index in [1.54, 1.807) is 4.68 Å². The number of piperidine rings is 1. The van der Waals surface area contributed by atoms with Gasteiger partial charge in [0.15, 0.2) is 5.65 Å². The first-order valence-corrected chi connectivity index (χ1v) is 10.2. The molecule has 1 saturated heterocycles. The Bertz CT molecular complexity index is 1100. The number of aromatic nitrogens is 4. The predicted molar refractivity (Wildman–Crippen MR) is 112 cm³/mol. The predicted octanol–water partition coefficient (Wildman–Crippen LogP) is 2.99. The fourth-order valence-corrected chi connectivity index (χ4v) is 4.46. The molecule has 0 aliphatic carbocycles. The van der Waals surface area contributed by atoms with Crippen LogP contribution in [0.25, 0.3) is 16.7 Å². The Hall–Kier alpha value is -2.96. The average Bonchev–Trinajstić information content (AvgIpc) is 3.08. The molecule has 7 nitrogen and oxygen atoms in total. The monoisotopic (exact) mass is 393 g/mol. The summed E-state index contributed by atoms with van der Waals surface area (Å²) in [5.41, 5.74) is 3.37. The Morgan fingerprint density at radius 2 is 1.76 bits per heavy atom. The van der Waals surface area contributed by atoms with Crippen LogP contribution in [0.15, 0.2) is 35.5 Å². The summed E-state index contributed by atoms with van der Waals surface area (Å²) in [5.74, 6) is -0.0327. The van der Waals surface area contributed by atoms with Gasteiger partial charge in [0.1, 0.15) is 18.3 Å². The first-order chi connectivity index (χ1) is 13.8. The van der Waals surface area contributed by atoms with E-state index in [2.05, 4.69) is 30.0 Å². The maximum Gasteiger partial charge on any atom is 0.264 e. The lowest BCUT2D eigenvalue weighted by Crippen LogP contribution is -2.49. The summed E-state index contributed by atoms with van der Waals surface area (Å²) in [6, 6.07) is 6.51. The molecule has 2 atom stereocenters. The molecule has 7 heteroatoms. The summed E-state index contributed by atoms with van der Waals surface area (Å²) < 4.78 is 3.07. The van der Waals surface area contributed by atoms with Crippen molar-refractivity contribution in [3.63, 3.8) is 0 Å². The molecule has 152 valence electrons. The molecule has 1 aliphatic heterocycles. The number of aryl methyl sites for hydroxylation is 2. The summed E-state index contributed by atoms with van der Waals surface area (Å²) in [6.07, 6.45) is 6.14. The van der Waals surface area contributed by atoms with Gasteiger partial charge in [0.05, 0.1) is 11.9 Å². The Balaban J connectivity index is 1.67. The van der Waals surface area contributed by atoms with Crippen LogP contribution in [0.1, 0.15) is 44.2 Å². The standard InChI is InChI=1S/C22H27N5O2/c1-14-8-15(2)10-18(9-14)27-21-19(11-24-27)22(29)25(13-23-21)12-20(28)26-16(3)6-5-7-17(26)4/h8-11,13,16-17H,5-7,12H2,1-4H3/t16-,17-/m1/s1. The van der Waals surface area contributed by atoms with Crippen molar-refractivity contribution in [3.8, 4) is 5.69 Å². The van der Waals surface area contributed by atoms with Gasteiger partial charge in [-0.05, 0) is 70.2 Å². The SMILES string of the molecule is Cc1cc(C)cc(-n2ncc3c(=O)n(CC(=O)N4[C@H](C)CCC[C@H]4C)cnc32)c1. The van der Waals surface area contributed by atoms with Gasteiger partial charge < -0.3 is 4.90 Å². The smallest absolute Gasteiger partial charge is 0.264 e. The molecule has 4 rings (SSSR count). The van der Waals surface area contributed by atoms with Crippen molar-refractivity contribution in [1.82, 2.24) is 24.2 Å². The minimum absolute atomic E-state index is 0.00515. The molecule has 1 fully saturated rings. The zero-order valence-corrected chi connectivity index (χ0v) is 17.4.